The first-order chi connectivity index (χ1) is 8.15. The Balaban J connectivity index is 2.19. The van der Waals surface area contributed by atoms with E-state index in [1.807, 2.05) is 7.05 Å². The van der Waals surface area contributed by atoms with Crippen LogP contribution in [0.4, 0.5) is 0 Å². The van der Waals surface area contributed by atoms with E-state index in [-0.39, 0.29) is 11.3 Å². The lowest BCUT2D eigenvalue weighted by molar-refractivity contribution is 0.474. The lowest BCUT2D eigenvalue weighted by Crippen LogP contribution is -2.46. The minimum atomic E-state index is -2.89. The molecule has 0 aromatic rings. The highest BCUT2D eigenvalue weighted by atomic mass is 32.2. The van der Waals surface area contributed by atoms with Crippen LogP contribution < -0.4 is 5.32 Å². The molecule has 1 saturated heterocycles. The third kappa shape index (κ3) is 2.91. The first-order valence-corrected chi connectivity index (χ1v) is 8.44. The molecule has 1 heterocycles. The van der Waals surface area contributed by atoms with Crippen LogP contribution in [0.15, 0.2) is 11.6 Å². The molecular formula is C13H23NO2S. The van der Waals surface area contributed by atoms with Crippen LogP contribution in [-0.2, 0) is 9.84 Å². The van der Waals surface area contributed by atoms with E-state index in [1.54, 1.807) is 0 Å². The van der Waals surface area contributed by atoms with E-state index in [0.717, 1.165) is 32.1 Å². The number of rotatable bonds is 3. The molecule has 0 spiro atoms. The summed E-state index contributed by atoms with van der Waals surface area (Å²) in [5.41, 5.74) is 1.33. The molecule has 3 nitrogen and oxygen atoms in total. The monoisotopic (exact) mass is 257 g/mol. The smallest absolute Gasteiger partial charge is 0.155 e. The van der Waals surface area contributed by atoms with E-state index in [9.17, 15) is 8.42 Å². The Morgan fingerprint density at radius 2 is 2.12 bits per heavy atom. The summed E-state index contributed by atoms with van der Waals surface area (Å²) in [5.74, 6) is 0.378. The SMILES string of the molecule is CNC(C1=CCCCC1)C1CCCCS1(=O)=O. The number of hydrogen-bond acceptors (Lipinski definition) is 3. The molecule has 2 unspecified atom stereocenters. The summed E-state index contributed by atoms with van der Waals surface area (Å²) in [5, 5.41) is 3.06. The number of nitrogens with one attached hydrogen (secondary N) is 1. The summed E-state index contributed by atoms with van der Waals surface area (Å²) in [4.78, 5) is 0. The molecule has 2 rings (SSSR count). The van der Waals surface area contributed by atoms with Crippen molar-refractivity contribution in [2.75, 3.05) is 12.8 Å². The van der Waals surface area contributed by atoms with Gasteiger partial charge in [-0.3, -0.25) is 0 Å². The molecule has 1 aliphatic carbocycles. The predicted molar refractivity (Wildman–Crippen MR) is 70.8 cm³/mol. The Morgan fingerprint density at radius 1 is 1.29 bits per heavy atom. The molecule has 17 heavy (non-hydrogen) atoms. The van der Waals surface area contributed by atoms with Gasteiger partial charge < -0.3 is 5.32 Å². The zero-order valence-corrected chi connectivity index (χ0v) is 11.4. The van der Waals surface area contributed by atoms with Crippen LogP contribution in [0.5, 0.6) is 0 Å². The van der Waals surface area contributed by atoms with Crippen molar-refractivity contribution in [1.29, 1.82) is 0 Å². The molecule has 1 fully saturated rings. The van der Waals surface area contributed by atoms with E-state index in [1.165, 1.54) is 18.4 Å². The molecule has 0 aromatic carbocycles. The minimum absolute atomic E-state index is 0.0561. The highest BCUT2D eigenvalue weighted by Crippen LogP contribution is 2.29. The third-order valence-corrected chi connectivity index (χ3v) is 6.33. The molecule has 4 heteroatoms. The predicted octanol–water partition coefficient (Wildman–Crippen LogP) is 2.04. The molecule has 0 saturated carbocycles. The van der Waals surface area contributed by atoms with Gasteiger partial charge in [0.2, 0.25) is 0 Å². The van der Waals surface area contributed by atoms with Crippen molar-refractivity contribution in [3.05, 3.63) is 11.6 Å². The van der Waals surface area contributed by atoms with Gasteiger partial charge >= 0.3 is 0 Å². The fourth-order valence-corrected chi connectivity index (χ4v) is 5.27. The molecule has 98 valence electrons. The average Bonchev–Trinajstić information content (AvgIpc) is 2.33. The molecule has 0 aromatic heterocycles. The fourth-order valence-electron chi connectivity index (χ4n) is 3.11. The summed E-state index contributed by atoms with van der Waals surface area (Å²) >= 11 is 0. The second-order valence-corrected chi connectivity index (χ2v) is 7.53. The third-order valence-electron chi connectivity index (χ3n) is 4.04. The van der Waals surface area contributed by atoms with Crippen molar-refractivity contribution in [2.45, 2.75) is 56.2 Å². The van der Waals surface area contributed by atoms with E-state index >= 15 is 0 Å². The molecule has 0 radical (unpaired) electrons. The van der Waals surface area contributed by atoms with Crippen molar-refractivity contribution in [1.82, 2.24) is 5.32 Å². The van der Waals surface area contributed by atoms with Crippen molar-refractivity contribution < 1.29 is 8.42 Å². The van der Waals surface area contributed by atoms with Crippen molar-refractivity contribution >= 4 is 9.84 Å². The normalized spacial score (nSPS) is 30.6. The zero-order chi connectivity index (χ0) is 12.3. The Bertz CT molecular complexity index is 386. The van der Waals surface area contributed by atoms with E-state index in [4.69, 9.17) is 0 Å². The highest BCUT2D eigenvalue weighted by Gasteiger charge is 2.36. The summed E-state index contributed by atoms with van der Waals surface area (Å²) in [6.07, 6.45) is 9.61. The maximum Gasteiger partial charge on any atom is 0.155 e. The first-order valence-electron chi connectivity index (χ1n) is 6.73. The highest BCUT2D eigenvalue weighted by molar-refractivity contribution is 7.92. The summed E-state index contributed by atoms with van der Waals surface area (Å²) < 4.78 is 24.3. The Hall–Kier alpha value is -0.350. The maximum absolute atomic E-state index is 12.2. The van der Waals surface area contributed by atoms with Gasteiger partial charge in [-0.05, 0) is 45.6 Å². The summed E-state index contributed by atoms with van der Waals surface area (Å²) in [7, 11) is -0.994. The van der Waals surface area contributed by atoms with Crippen LogP contribution in [0.2, 0.25) is 0 Å². The van der Waals surface area contributed by atoms with Gasteiger partial charge in [-0.1, -0.05) is 18.1 Å². The first kappa shape index (κ1) is 13.1. The number of likely N-dealkylation sites (N-methyl/N-ethyl adjacent to an activating group) is 1. The lowest BCUT2D eigenvalue weighted by atomic mass is 9.90. The maximum atomic E-state index is 12.2. The van der Waals surface area contributed by atoms with Gasteiger partial charge in [0.25, 0.3) is 0 Å². The largest absolute Gasteiger partial charge is 0.312 e. The van der Waals surface area contributed by atoms with Gasteiger partial charge in [0, 0.05) is 6.04 Å². The molecule has 1 aliphatic heterocycles. The number of allylic oxidation sites excluding steroid dienone is 1. The van der Waals surface area contributed by atoms with Gasteiger partial charge in [-0.2, -0.15) is 0 Å². The molecule has 0 amide bonds. The molecular weight excluding hydrogens is 234 g/mol. The van der Waals surface area contributed by atoms with Gasteiger partial charge in [0.15, 0.2) is 9.84 Å². The Labute approximate surface area is 105 Å². The van der Waals surface area contributed by atoms with Gasteiger partial charge in [0.05, 0.1) is 11.0 Å². The van der Waals surface area contributed by atoms with E-state index in [2.05, 4.69) is 11.4 Å². The minimum Gasteiger partial charge on any atom is -0.312 e. The van der Waals surface area contributed by atoms with Gasteiger partial charge in [-0.25, -0.2) is 8.42 Å². The van der Waals surface area contributed by atoms with Crippen molar-refractivity contribution in [3.63, 3.8) is 0 Å². The van der Waals surface area contributed by atoms with Crippen molar-refractivity contribution in [2.24, 2.45) is 0 Å². The topological polar surface area (TPSA) is 46.2 Å². The molecule has 2 aliphatic rings. The number of sulfone groups is 1. The van der Waals surface area contributed by atoms with Crippen LogP contribution in [-0.4, -0.2) is 32.5 Å². The second-order valence-electron chi connectivity index (χ2n) is 5.19. The summed E-state index contributed by atoms with van der Waals surface area (Å²) in [6, 6.07) is 0.0561. The van der Waals surface area contributed by atoms with Crippen LogP contribution in [0.3, 0.4) is 0 Å². The van der Waals surface area contributed by atoms with Crippen LogP contribution in [0.25, 0.3) is 0 Å². The van der Waals surface area contributed by atoms with Gasteiger partial charge in [-0.15, -0.1) is 0 Å². The van der Waals surface area contributed by atoms with E-state index < -0.39 is 9.84 Å². The zero-order valence-electron chi connectivity index (χ0n) is 10.6. The molecule has 2 atom stereocenters. The molecule has 0 bridgehead atoms. The average molecular weight is 257 g/mol. The van der Waals surface area contributed by atoms with E-state index in [0.29, 0.717) is 5.75 Å². The lowest BCUT2D eigenvalue weighted by Gasteiger charge is -2.32. The van der Waals surface area contributed by atoms with Crippen LogP contribution >= 0.6 is 0 Å². The van der Waals surface area contributed by atoms with Crippen LogP contribution in [0, 0.1) is 0 Å². The molecule has 1 N–H and O–H groups in total. The fraction of sp³-hybridized carbons (Fsp3) is 0.846. The van der Waals surface area contributed by atoms with Crippen molar-refractivity contribution in [3.8, 4) is 0 Å². The van der Waals surface area contributed by atoms with Crippen LogP contribution in [0.1, 0.15) is 44.9 Å². The second kappa shape index (κ2) is 5.53. The Kier molecular flexibility index (Phi) is 4.26. The summed E-state index contributed by atoms with van der Waals surface area (Å²) in [6.45, 7) is 0. The standard InChI is InChI=1S/C13H23NO2S/c1-14-13(11-7-3-2-4-8-11)12-9-5-6-10-17(12,15)16/h7,12-14H,2-6,8-10H2,1H3. The number of hydrogen-bond donors (Lipinski definition) is 1. The quantitative estimate of drug-likeness (QED) is 0.787. The van der Waals surface area contributed by atoms with Gasteiger partial charge in [0.1, 0.15) is 0 Å². The Morgan fingerprint density at radius 3 is 2.71 bits per heavy atom.